The van der Waals surface area contributed by atoms with Crippen molar-refractivity contribution in [2.24, 2.45) is 11.3 Å². The minimum Gasteiger partial charge on any atom is -0.492 e. The van der Waals surface area contributed by atoms with Crippen molar-refractivity contribution in [2.75, 3.05) is 57.3 Å². The summed E-state index contributed by atoms with van der Waals surface area (Å²) in [5, 5.41) is 6.75. The number of aromatic nitrogens is 3. The Hall–Kier alpha value is -5.09. The van der Waals surface area contributed by atoms with E-state index in [0.717, 1.165) is 81.0 Å². The molecule has 1 N–H and O–H groups in total. The zero-order valence-electron chi connectivity index (χ0n) is 33.9. The first-order valence-electron chi connectivity index (χ1n) is 21.7. The van der Waals surface area contributed by atoms with Crippen LogP contribution in [0.15, 0.2) is 48.8 Å². The lowest BCUT2D eigenvalue weighted by atomic mass is 9.57. The normalized spacial score (nSPS) is 25.1. The van der Waals surface area contributed by atoms with Gasteiger partial charge in [-0.3, -0.25) is 29.6 Å². The number of likely N-dealkylation sites (tertiary alicyclic amines) is 1. The summed E-state index contributed by atoms with van der Waals surface area (Å²) < 4.78 is 61.9. The lowest BCUT2D eigenvalue weighted by molar-refractivity contribution is -0.150. The van der Waals surface area contributed by atoms with Crippen molar-refractivity contribution in [3.8, 4) is 5.75 Å². The highest BCUT2D eigenvalue weighted by atomic mass is 19.4. The monoisotopic (exact) mass is 840 g/mol. The molecule has 6 aliphatic heterocycles. The Kier molecular flexibility index (Phi) is 9.05. The molecule has 2 spiro atoms. The maximum Gasteiger partial charge on any atom is 0.401 e. The third kappa shape index (κ3) is 6.57. The van der Waals surface area contributed by atoms with Gasteiger partial charge in [0.15, 0.2) is 0 Å². The van der Waals surface area contributed by atoms with Crippen molar-refractivity contribution in [1.82, 2.24) is 35.0 Å². The van der Waals surface area contributed by atoms with E-state index in [9.17, 15) is 32.0 Å². The molecule has 4 fully saturated rings. The van der Waals surface area contributed by atoms with Gasteiger partial charge in [0, 0.05) is 60.1 Å². The maximum absolute atomic E-state index is 14.2. The third-order valence-corrected chi connectivity index (χ3v) is 15.3. The number of hydrogen-bond acceptors (Lipinski definition) is 9. The molecule has 2 aromatic heterocycles. The summed E-state index contributed by atoms with van der Waals surface area (Å²) in [5.74, 6) is 0.594. The number of anilines is 1. The zero-order valence-corrected chi connectivity index (χ0v) is 33.9. The molecule has 320 valence electrons. The summed E-state index contributed by atoms with van der Waals surface area (Å²) in [6, 6.07) is 9.77. The van der Waals surface area contributed by atoms with Gasteiger partial charge in [-0.2, -0.15) is 13.2 Å². The van der Waals surface area contributed by atoms with Gasteiger partial charge in [0.2, 0.25) is 11.8 Å². The van der Waals surface area contributed by atoms with Crippen molar-refractivity contribution in [3.05, 3.63) is 82.3 Å². The fourth-order valence-corrected chi connectivity index (χ4v) is 12.1. The SMILES string of the molecule is O=C1CCC(N2Cc3c(ccc4c3OCC43CCN(CC4CC5(CCN(c6ccc(C7c8ccc9c(cnn9F)c8CCN7CC(F)(F)F)nc6)CC5)C4)CC3)C2=O)C(=O)N1. The Balaban J connectivity index is 0.688. The largest absolute Gasteiger partial charge is 0.492 e. The number of nitrogens with one attached hydrogen (secondary N) is 1. The molecule has 2 unspecified atom stereocenters. The summed E-state index contributed by atoms with van der Waals surface area (Å²) >= 11 is 0. The third-order valence-electron chi connectivity index (χ3n) is 15.3. The van der Waals surface area contributed by atoms with Gasteiger partial charge in [-0.25, -0.2) is 0 Å². The lowest BCUT2D eigenvalue weighted by Crippen LogP contribution is -2.52. The fraction of sp³-hybridized carbons (Fsp3) is 0.533. The average molecular weight is 841 g/mol. The summed E-state index contributed by atoms with van der Waals surface area (Å²) in [6.07, 6.45) is 6.43. The molecule has 4 aromatic rings. The molecule has 0 bridgehead atoms. The zero-order chi connectivity index (χ0) is 41.8. The first kappa shape index (κ1) is 38.8. The molecule has 3 amide bonds. The highest BCUT2D eigenvalue weighted by Gasteiger charge is 2.50. The van der Waals surface area contributed by atoms with Crippen LogP contribution in [-0.4, -0.2) is 112 Å². The number of hydrogen-bond donors (Lipinski definition) is 1. The van der Waals surface area contributed by atoms with E-state index in [0.29, 0.717) is 70.0 Å². The molecule has 7 aliphatic rings. The molecular weight excluding hydrogens is 793 g/mol. The number of piperidine rings is 3. The van der Waals surface area contributed by atoms with Gasteiger partial charge in [0.05, 0.1) is 49.5 Å². The molecule has 12 nitrogen and oxygen atoms in total. The van der Waals surface area contributed by atoms with Gasteiger partial charge >= 0.3 is 6.18 Å². The number of amides is 3. The molecule has 1 aliphatic carbocycles. The smallest absolute Gasteiger partial charge is 0.401 e. The Bertz CT molecular complexity index is 2430. The fourth-order valence-electron chi connectivity index (χ4n) is 12.1. The summed E-state index contributed by atoms with van der Waals surface area (Å²) in [6.45, 7) is 4.95. The van der Waals surface area contributed by atoms with Crippen LogP contribution in [0.5, 0.6) is 5.75 Å². The van der Waals surface area contributed by atoms with E-state index in [1.54, 1.807) is 23.2 Å². The average Bonchev–Trinajstić information content (AvgIpc) is 3.90. The lowest BCUT2D eigenvalue weighted by Gasteiger charge is -2.54. The Morgan fingerprint density at radius 1 is 0.885 bits per heavy atom. The van der Waals surface area contributed by atoms with E-state index in [2.05, 4.69) is 26.3 Å². The number of pyridine rings is 1. The summed E-state index contributed by atoms with van der Waals surface area (Å²) in [4.78, 5) is 50.8. The number of halogens is 4. The van der Waals surface area contributed by atoms with Crippen molar-refractivity contribution in [2.45, 2.75) is 88.0 Å². The summed E-state index contributed by atoms with van der Waals surface area (Å²) in [7, 11) is 0. The number of carbonyl (C=O) groups excluding carboxylic acids is 3. The number of alkyl halides is 3. The minimum absolute atomic E-state index is 0.0792. The van der Waals surface area contributed by atoms with Crippen molar-refractivity contribution >= 4 is 34.3 Å². The highest BCUT2D eigenvalue weighted by Crippen LogP contribution is 2.54. The van der Waals surface area contributed by atoms with E-state index < -0.39 is 30.7 Å². The Labute approximate surface area is 350 Å². The van der Waals surface area contributed by atoms with Crippen molar-refractivity contribution < 1.29 is 36.8 Å². The number of ether oxygens (including phenoxy) is 1. The number of imide groups is 1. The maximum atomic E-state index is 14.2. The van der Waals surface area contributed by atoms with Crippen LogP contribution in [0.1, 0.15) is 95.7 Å². The predicted molar refractivity (Wildman–Crippen MR) is 216 cm³/mol. The number of benzene rings is 2. The molecule has 2 atom stereocenters. The van der Waals surface area contributed by atoms with Crippen LogP contribution >= 0.6 is 0 Å². The van der Waals surface area contributed by atoms with Gasteiger partial charge in [0.25, 0.3) is 5.91 Å². The molecule has 61 heavy (non-hydrogen) atoms. The number of nitrogens with zero attached hydrogens (tertiary/aromatic N) is 7. The first-order chi connectivity index (χ1) is 29.4. The van der Waals surface area contributed by atoms with Crippen molar-refractivity contribution in [1.29, 1.82) is 0 Å². The second-order valence-electron chi connectivity index (χ2n) is 18.7. The van der Waals surface area contributed by atoms with Gasteiger partial charge in [0.1, 0.15) is 17.3 Å². The standard InChI is InChI=1S/C45H48F4N8O4/c46-45(47,48)25-55-14-9-29-30(3-6-36-32(29)22-51-57(36)49)39(55)35-5-1-28(21-50-35)54-17-10-43(11-18-54)19-27(20-43)23-53-15-12-44(13-16-53)26-61-40-33-24-56(37-7-8-38(58)52-41(37)59)42(60)31(33)2-4-34(40)44/h1-6,21-22,27,37,39H,7-20,23-26H2,(H,52,58,59). The molecule has 11 rings (SSSR count). The van der Waals surface area contributed by atoms with E-state index in [1.165, 1.54) is 29.5 Å². The molecule has 0 radical (unpaired) electrons. The van der Waals surface area contributed by atoms with Crippen LogP contribution < -0.4 is 15.0 Å². The number of fused-ring (bicyclic) bond motifs is 7. The highest BCUT2D eigenvalue weighted by molar-refractivity contribution is 6.05. The first-order valence-corrected chi connectivity index (χ1v) is 21.7. The van der Waals surface area contributed by atoms with E-state index in [-0.39, 0.29) is 30.2 Å². The van der Waals surface area contributed by atoms with Gasteiger partial charge < -0.3 is 19.4 Å². The topological polar surface area (TPSA) is 116 Å². The van der Waals surface area contributed by atoms with Crippen molar-refractivity contribution in [3.63, 3.8) is 0 Å². The second kappa shape index (κ2) is 14.2. The van der Waals surface area contributed by atoms with E-state index in [4.69, 9.17) is 9.72 Å². The van der Waals surface area contributed by atoms with Crippen LogP contribution in [0, 0.1) is 11.3 Å². The second-order valence-corrected chi connectivity index (χ2v) is 18.7. The quantitative estimate of drug-likeness (QED) is 0.189. The molecule has 3 saturated heterocycles. The van der Waals surface area contributed by atoms with Crippen LogP contribution in [0.4, 0.5) is 23.3 Å². The molecule has 1 saturated carbocycles. The number of carbonyl (C=O) groups is 3. The van der Waals surface area contributed by atoms with Gasteiger partial charge in [-0.05, 0) is 111 Å². The molecule has 2 aromatic carbocycles. The molecule has 16 heteroatoms. The van der Waals surface area contributed by atoms with Crippen LogP contribution in [-0.2, 0) is 28.0 Å². The van der Waals surface area contributed by atoms with Crippen LogP contribution in [0.25, 0.3) is 10.9 Å². The van der Waals surface area contributed by atoms with Crippen LogP contribution in [0.3, 0.4) is 0 Å². The van der Waals surface area contributed by atoms with E-state index in [1.807, 2.05) is 18.2 Å². The van der Waals surface area contributed by atoms with E-state index >= 15 is 0 Å². The minimum atomic E-state index is -4.37. The predicted octanol–water partition coefficient (Wildman–Crippen LogP) is 5.86. The van der Waals surface area contributed by atoms with Crippen LogP contribution in [0.2, 0.25) is 0 Å². The van der Waals surface area contributed by atoms with Gasteiger partial charge in [-0.1, -0.05) is 21.5 Å². The number of rotatable bonds is 6. The Morgan fingerprint density at radius 3 is 2.43 bits per heavy atom. The molecular formula is C45H48F4N8O4. The Morgan fingerprint density at radius 2 is 1.69 bits per heavy atom. The summed E-state index contributed by atoms with van der Waals surface area (Å²) in [5.41, 5.74) is 6.27. The van der Waals surface area contributed by atoms with Gasteiger partial charge in [-0.15, -0.1) is 5.10 Å². The molecule has 8 heterocycles.